The molecule has 0 aromatic heterocycles. The van der Waals surface area contributed by atoms with Gasteiger partial charge in [-0.2, -0.15) is 13.2 Å². The van der Waals surface area contributed by atoms with Gasteiger partial charge in [-0.3, -0.25) is 9.98 Å². The van der Waals surface area contributed by atoms with Crippen LogP contribution in [0.25, 0.3) is 10.5 Å². The molecule has 0 saturated carbocycles. The summed E-state index contributed by atoms with van der Waals surface area (Å²) in [5.41, 5.74) is 2.06. The third-order valence-corrected chi connectivity index (χ3v) is 8.86. The van der Waals surface area contributed by atoms with Gasteiger partial charge in [-0.1, -0.05) is 47.7 Å². The van der Waals surface area contributed by atoms with Crippen LogP contribution < -0.4 is 5.32 Å². The van der Waals surface area contributed by atoms with Crippen molar-refractivity contribution in [2.45, 2.75) is 58.8 Å². The molecular formula is C34H32F5N3OS. The molecule has 230 valence electrons. The number of rotatable bonds is 7. The first kappa shape index (κ1) is 31.5. The fourth-order valence-electron chi connectivity index (χ4n) is 5.12. The minimum atomic E-state index is -4.55. The highest BCUT2D eigenvalue weighted by Crippen LogP contribution is 2.42. The van der Waals surface area contributed by atoms with Gasteiger partial charge in [0, 0.05) is 23.2 Å². The van der Waals surface area contributed by atoms with Crippen LogP contribution in [0.15, 0.2) is 92.6 Å². The summed E-state index contributed by atoms with van der Waals surface area (Å²) in [5, 5.41) is 3.07. The van der Waals surface area contributed by atoms with E-state index in [9.17, 15) is 22.0 Å². The van der Waals surface area contributed by atoms with Crippen molar-refractivity contribution in [1.29, 1.82) is 0 Å². The molecule has 44 heavy (non-hydrogen) atoms. The molecule has 0 radical (unpaired) electrons. The average Bonchev–Trinajstić information content (AvgIpc) is 3.31. The Morgan fingerprint density at radius 2 is 1.89 bits per heavy atom. The first-order chi connectivity index (χ1) is 20.9. The van der Waals surface area contributed by atoms with Crippen LogP contribution in [0.3, 0.4) is 0 Å². The number of amidine groups is 1. The van der Waals surface area contributed by atoms with Gasteiger partial charge in [0.1, 0.15) is 18.5 Å². The van der Waals surface area contributed by atoms with E-state index in [1.54, 1.807) is 24.4 Å². The minimum absolute atomic E-state index is 0.0407. The van der Waals surface area contributed by atoms with Crippen LogP contribution in [0.1, 0.15) is 62.8 Å². The Hall–Kier alpha value is -3.92. The van der Waals surface area contributed by atoms with Gasteiger partial charge >= 0.3 is 6.18 Å². The van der Waals surface area contributed by atoms with Crippen molar-refractivity contribution in [3.8, 4) is 0 Å². The minimum Gasteiger partial charge on any atom is -0.494 e. The van der Waals surface area contributed by atoms with Crippen molar-refractivity contribution in [1.82, 2.24) is 5.32 Å². The monoisotopic (exact) mass is 625 g/mol. The number of hydrogen-bond donors (Lipinski definition) is 1. The van der Waals surface area contributed by atoms with Crippen molar-refractivity contribution in [3.05, 3.63) is 117 Å². The number of aliphatic imine (C=N–C) groups is 2. The van der Waals surface area contributed by atoms with E-state index in [0.29, 0.717) is 35.4 Å². The highest BCUT2D eigenvalue weighted by atomic mass is 32.2. The molecule has 3 heterocycles. The van der Waals surface area contributed by atoms with Gasteiger partial charge in [0.05, 0.1) is 22.9 Å². The zero-order valence-corrected chi connectivity index (χ0v) is 25.5. The van der Waals surface area contributed by atoms with Crippen molar-refractivity contribution in [3.63, 3.8) is 0 Å². The van der Waals surface area contributed by atoms with Gasteiger partial charge in [-0.25, -0.2) is 8.78 Å². The maximum Gasteiger partial charge on any atom is 0.417 e. The summed E-state index contributed by atoms with van der Waals surface area (Å²) >= 11 is 1.46. The van der Waals surface area contributed by atoms with Gasteiger partial charge in [-0.15, -0.1) is 0 Å². The normalized spacial score (nSPS) is 20.0. The Kier molecular flexibility index (Phi) is 9.29. The quantitative estimate of drug-likeness (QED) is 0.312. The molecule has 0 bridgehead atoms. The fourth-order valence-corrected chi connectivity index (χ4v) is 6.00. The molecule has 2 unspecified atom stereocenters. The molecule has 5 rings (SSSR count). The van der Waals surface area contributed by atoms with E-state index in [1.165, 1.54) is 36.0 Å². The fraction of sp³-hybridized carbons (Fsp3) is 0.294. The number of ether oxygens (including phenoxy) is 1. The number of allylic oxidation sites excluding steroid dienone is 5. The lowest BCUT2D eigenvalue weighted by molar-refractivity contribution is -0.137. The van der Waals surface area contributed by atoms with E-state index < -0.39 is 29.4 Å². The molecular weight excluding hydrogens is 593 g/mol. The molecule has 2 aromatic rings. The van der Waals surface area contributed by atoms with E-state index >= 15 is 0 Å². The summed E-state index contributed by atoms with van der Waals surface area (Å²) in [4.78, 5) is 10.9. The second kappa shape index (κ2) is 13.0. The van der Waals surface area contributed by atoms with Crippen molar-refractivity contribution < 1.29 is 26.7 Å². The van der Waals surface area contributed by atoms with E-state index in [1.807, 2.05) is 39.8 Å². The number of nitrogens with one attached hydrogen (secondary N) is 1. The molecule has 0 aliphatic carbocycles. The van der Waals surface area contributed by atoms with Gasteiger partial charge in [0.25, 0.3) is 0 Å². The lowest BCUT2D eigenvalue weighted by Gasteiger charge is -2.21. The van der Waals surface area contributed by atoms with Crippen LogP contribution in [0.5, 0.6) is 0 Å². The molecule has 0 spiro atoms. The van der Waals surface area contributed by atoms with Gasteiger partial charge < -0.3 is 10.1 Å². The molecule has 0 fully saturated rings. The number of alkyl halides is 3. The van der Waals surface area contributed by atoms with Gasteiger partial charge in [-0.05, 0) is 86.1 Å². The molecule has 4 nitrogen and oxygen atoms in total. The third-order valence-electron chi connectivity index (χ3n) is 7.45. The van der Waals surface area contributed by atoms with Crippen LogP contribution in [0.4, 0.5) is 22.0 Å². The van der Waals surface area contributed by atoms with E-state index in [-0.39, 0.29) is 29.6 Å². The second-order valence-electron chi connectivity index (χ2n) is 10.9. The maximum absolute atomic E-state index is 14.4. The van der Waals surface area contributed by atoms with Gasteiger partial charge in [0.15, 0.2) is 11.6 Å². The predicted molar refractivity (Wildman–Crippen MR) is 168 cm³/mol. The first-order valence-corrected chi connectivity index (χ1v) is 15.0. The van der Waals surface area contributed by atoms with Crippen LogP contribution in [0, 0.1) is 11.6 Å². The molecule has 2 atom stereocenters. The van der Waals surface area contributed by atoms with Crippen LogP contribution in [-0.2, 0) is 10.9 Å². The standard InChI is InChI=1S/C34H32F5N3OS/c1-5-20(4)44-32(19(2)3)22-9-11-25(27(16-22)34(37,38)39)21-13-14-43-24(15-21)17-23-10-12-29-30(18-40-23)42-33(41-29)26-7-6-8-28(35)31(26)36/h5-9,11-13,15-16,18,23,30H,10,14,17H2,1-4H3,(H,41,42)/b20-5+. The highest BCUT2D eigenvalue weighted by molar-refractivity contribution is 8.11. The second-order valence-corrected chi connectivity index (χ2v) is 12.1. The molecule has 10 heteroatoms. The summed E-state index contributed by atoms with van der Waals surface area (Å²) in [6.45, 7) is 7.77. The number of fused-ring (bicyclic) bond motifs is 1. The van der Waals surface area contributed by atoms with Crippen LogP contribution in [-0.4, -0.2) is 30.7 Å². The number of benzene rings is 2. The summed E-state index contributed by atoms with van der Waals surface area (Å²) in [5.74, 6) is -1.16. The van der Waals surface area contributed by atoms with Crippen LogP contribution >= 0.6 is 11.8 Å². The molecule has 0 amide bonds. The number of nitrogens with zero attached hydrogens (tertiary/aromatic N) is 2. The van der Waals surface area contributed by atoms with Crippen molar-refractivity contribution in [2.24, 2.45) is 9.98 Å². The first-order valence-electron chi connectivity index (χ1n) is 14.2. The Labute approximate surface area is 257 Å². The van der Waals surface area contributed by atoms with Crippen molar-refractivity contribution >= 4 is 34.3 Å². The molecule has 2 aromatic carbocycles. The third kappa shape index (κ3) is 6.90. The maximum atomic E-state index is 14.4. The summed E-state index contributed by atoms with van der Waals surface area (Å²) < 4.78 is 77.0. The largest absolute Gasteiger partial charge is 0.494 e. The molecule has 3 aliphatic rings. The Morgan fingerprint density at radius 3 is 2.61 bits per heavy atom. The number of thioether (sulfide) groups is 1. The summed E-state index contributed by atoms with van der Waals surface area (Å²) in [6.07, 6.45) is 5.12. The molecule has 0 saturated heterocycles. The lowest BCUT2D eigenvalue weighted by atomic mass is 9.94. The zero-order chi connectivity index (χ0) is 31.6. The summed E-state index contributed by atoms with van der Waals surface area (Å²) in [7, 11) is 0. The number of hydrogen-bond acceptors (Lipinski definition) is 5. The van der Waals surface area contributed by atoms with E-state index in [4.69, 9.17) is 4.74 Å². The summed E-state index contributed by atoms with van der Waals surface area (Å²) in [6, 6.07) is 7.73. The van der Waals surface area contributed by atoms with E-state index in [0.717, 1.165) is 21.4 Å². The Balaban J connectivity index is 1.36. The van der Waals surface area contributed by atoms with E-state index in [2.05, 4.69) is 15.3 Å². The van der Waals surface area contributed by atoms with Crippen LogP contribution in [0.2, 0.25) is 0 Å². The highest BCUT2D eigenvalue weighted by Gasteiger charge is 2.35. The lowest BCUT2D eigenvalue weighted by Crippen LogP contribution is -2.21. The average molecular weight is 626 g/mol. The molecule has 1 N–H and O–H groups in total. The van der Waals surface area contributed by atoms with Crippen molar-refractivity contribution in [2.75, 3.05) is 6.61 Å². The smallest absolute Gasteiger partial charge is 0.417 e. The molecule has 3 aliphatic heterocycles. The Bertz CT molecular complexity index is 1680. The topological polar surface area (TPSA) is 46.0 Å². The SMILES string of the molecule is C/C=C(\C)SC(=C(C)C)c1ccc(C2=CCOC(CC3CC=C4NC(c5cccc(F)c5F)=NC4C=N3)=C2)c(C(F)(F)F)c1. The Morgan fingerprint density at radius 1 is 1.09 bits per heavy atom. The zero-order valence-electron chi connectivity index (χ0n) is 24.7. The predicted octanol–water partition coefficient (Wildman–Crippen LogP) is 9.22. The number of halogens is 5. The van der Waals surface area contributed by atoms with Gasteiger partial charge in [0.2, 0.25) is 0 Å².